The predicted molar refractivity (Wildman–Crippen MR) is 201 cm³/mol. The molecule has 0 aromatic carbocycles. The Balaban J connectivity index is 4.30. The van der Waals surface area contributed by atoms with Crippen LogP contribution in [0.4, 0.5) is 0 Å². The van der Waals surface area contributed by atoms with Crippen LogP contribution in [0.5, 0.6) is 0 Å². The fourth-order valence-electron chi connectivity index (χ4n) is 5.10. The summed E-state index contributed by atoms with van der Waals surface area (Å²) in [5.41, 5.74) is 0. The smallest absolute Gasteiger partial charge is 0.306 e. The standard InChI is InChI=1S/C42H72O6/c1-4-7-10-13-15-17-19-20-21-22-23-25-26-29-32-35-41(44)47-38-39(37-46-40(43)34-31-28-12-9-6-3)48-42(45)36-33-30-27-24-18-16-14-11-8-5-2/h7,10-11,14-15,17,20-21,39H,4-6,8-9,12-13,16,18-19,22-38H2,1-3H3/b10-7-,14-11-,17-15-,21-20-. The molecule has 0 aliphatic heterocycles. The van der Waals surface area contributed by atoms with Crippen LogP contribution in [0.15, 0.2) is 48.6 Å². The van der Waals surface area contributed by atoms with Crippen LogP contribution in [0.2, 0.25) is 0 Å². The first-order chi connectivity index (χ1) is 23.5. The van der Waals surface area contributed by atoms with Crippen LogP contribution in [0, 0.1) is 0 Å². The molecule has 0 aliphatic carbocycles. The van der Waals surface area contributed by atoms with E-state index in [1.807, 2.05) is 0 Å². The van der Waals surface area contributed by atoms with E-state index in [0.29, 0.717) is 19.3 Å². The molecule has 0 amide bonds. The van der Waals surface area contributed by atoms with E-state index in [2.05, 4.69) is 69.4 Å². The van der Waals surface area contributed by atoms with Crippen molar-refractivity contribution in [1.82, 2.24) is 0 Å². The van der Waals surface area contributed by atoms with Gasteiger partial charge in [-0.3, -0.25) is 14.4 Å². The molecule has 0 spiro atoms. The van der Waals surface area contributed by atoms with Gasteiger partial charge in [0.15, 0.2) is 6.10 Å². The van der Waals surface area contributed by atoms with Gasteiger partial charge in [0.1, 0.15) is 13.2 Å². The van der Waals surface area contributed by atoms with E-state index in [9.17, 15) is 14.4 Å². The normalized spacial score (nSPS) is 12.5. The second kappa shape index (κ2) is 37.2. The number of ether oxygens (including phenoxy) is 3. The summed E-state index contributed by atoms with van der Waals surface area (Å²) in [7, 11) is 0. The zero-order valence-electron chi connectivity index (χ0n) is 31.2. The molecule has 1 unspecified atom stereocenters. The average Bonchev–Trinajstić information content (AvgIpc) is 3.08. The first-order valence-corrected chi connectivity index (χ1v) is 19.6. The Bertz CT molecular complexity index is 871. The second-order valence-electron chi connectivity index (χ2n) is 12.8. The Hall–Kier alpha value is -2.63. The van der Waals surface area contributed by atoms with Crippen molar-refractivity contribution in [3.63, 3.8) is 0 Å². The predicted octanol–water partition coefficient (Wildman–Crippen LogP) is 12.0. The minimum absolute atomic E-state index is 0.0839. The number of carbonyl (C=O) groups excluding carboxylic acids is 3. The maximum absolute atomic E-state index is 12.6. The lowest BCUT2D eigenvalue weighted by Gasteiger charge is -2.18. The molecular formula is C42H72O6. The molecule has 0 N–H and O–H groups in total. The van der Waals surface area contributed by atoms with Crippen molar-refractivity contribution in [2.75, 3.05) is 13.2 Å². The van der Waals surface area contributed by atoms with Gasteiger partial charge in [-0.25, -0.2) is 0 Å². The first-order valence-electron chi connectivity index (χ1n) is 19.6. The second-order valence-corrected chi connectivity index (χ2v) is 12.8. The van der Waals surface area contributed by atoms with Gasteiger partial charge < -0.3 is 14.2 Å². The number of carbonyl (C=O) groups is 3. The van der Waals surface area contributed by atoms with Crippen LogP contribution in [-0.2, 0) is 28.6 Å². The van der Waals surface area contributed by atoms with Gasteiger partial charge in [0.25, 0.3) is 0 Å². The van der Waals surface area contributed by atoms with E-state index in [-0.39, 0.29) is 31.1 Å². The van der Waals surface area contributed by atoms with Gasteiger partial charge in [-0.2, -0.15) is 0 Å². The van der Waals surface area contributed by atoms with Crippen molar-refractivity contribution in [3.8, 4) is 0 Å². The molecule has 276 valence electrons. The highest BCUT2D eigenvalue weighted by Crippen LogP contribution is 2.12. The fraction of sp³-hybridized carbons (Fsp3) is 0.738. The highest BCUT2D eigenvalue weighted by molar-refractivity contribution is 5.71. The lowest BCUT2D eigenvalue weighted by molar-refractivity contribution is -0.167. The van der Waals surface area contributed by atoms with Gasteiger partial charge in [-0.1, -0.05) is 140 Å². The first kappa shape index (κ1) is 45.4. The highest BCUT2D eigenvalue weighted by Gasteiger charge is 2.19. The number of hydrogen-bond donors (Lipinski definition) is 0. The molecule has 0 saturated carbocycles. The van der Waals surface area contributed by atoms with Crippen LogP contribution in [0.1, 0.15) is 181 Å². The lowest BCUT2D eigenvalue weighted by atomic mass is 10.1. The maximum Gasteiger partial charge on any atom is 0.306 e. The molecule has 48 heavy (non-hydrogen) atoms. The summed E-state index contributed by atoms with van der Waals surface area (Å²) in [5, 5.41) is 0. The molecule has 0 rings (SSSR count). The third kappa shape index (κ3) is 34.7. The van der Waals surface area contributed by atoms with Crippen LogP contribution >= 0.6 is 0 Å². The third-order valence-corrected chi connectivity index (χ3v) is 8.05. The number of rotatable bonds is 34. The molecule has 0 heterocycles. The topological polar surface area (TPSA) is 78.9 Å². The Labute approximate surface area is 295 Å². The summed E-state index contributed by atoms with van der Waals surface area (Å²) >= 11 is 0. The highest BCUT2D eigenvalue weighted by atomic mass is 16.6. The summed E-state index contributed by atoms with van der Waals surface area (Å²) in [5.74, 6) is -0.935. The summed E-state index contributed by atoms with van der Waals surface area (Å²) < 4.78 is 16.5. The zero-order valence-corrected chi connectivity index (χ0v) is 31.2. The van der Waals surface area contributed by atoms with Crippen molar-refractivity contribution >= 4 is 17.9 Å². The van der Waals surface area contributed by atoms with Crippen molar-refractivity contribution in [3.05, 3.63) is 48.6 Å². The van der Waals surface area contributed by atoms with E-state index < -0.39 is 6.10 Å². The zero-order chi connectivity index (χ0) is 35.2. The molecule has 0 saturated heterocycles. The minimum Gasteiger partial charge on any atom is -0.462 e. The molecule has 6 nitrogen and oxygen atoms in total. The largest absolute Gasteiger partial charge is 0.462 e. The van der Waals surface area contributed by atoms with Crippen LogP contribution in [0.3, 0.4) is 0 Å². The fourth-order valence-corrected chi connectivity index (χ4v) is 5.10. The van der Waals surface area contributed by atoms with Gasteiger partial charge in [-0.15, -0.1) is 0 Å². The van der Waals surface area contributed by atoms with Gasteiger partial charge in [0.2, 0.25) is 0 Å². The molecular weight excluding hydrogens is 600 g/mol. The molecule has 0 bridgehead atoms. The third-order valence-electron chi connectivity index (χ3n) is 8.05. The minimum atomic E-state index is -0.776. The van der Waals surface area contributed by atoms with E-state index >= 15 is 0 Å². The number of esters is 3. The van der Waals surface area contributed by atoms with Crippen molar-refractivity contribution in [1.29, 1.82) is 0 Å². The Kier molecular flexibility index (Phi) is 35.2. The Morgan fingerprint density at radius 3 is 1.38 bits per heavy atom. The molecule has 0 aliphatic rings. The summed E-state index contributed by atoms with van der Waals surface area (Å²) in [6.45, 7) is 6.32. The van der Waals surface area contributed by atoms with Crippen molar-refractivity contribution < 1.29 is 28.6 Å². The molecule has 1 atom stereocenters. The number of unbranched alkanes of at least 4 members (excludes halogenated alkanes) is 15. The van der Waals surface area contributed by atoms with Gasteiger partial charge >= 0.3 is 17.9 Å². The maximum atomic E-state index is 12.6. The quantitative estimate of drug-likeness (QED) is 0.0293. The molecule has 0 fully saturated rings. The van der Waals surface area contributed by atoms with Gasteiger partial charge in [0, 0.05) is 19.3 Å². The van der Waals surface area contributed by atoms with E-state index in [0.717, 1.165) is 122 Å². The Morgan fingerprint density at radius 2 is 0.854 bits per heavy atom. The van der Waals surface area contributed by atoms with Gasteiger partial charge in [0.05, 0.1) is 0 Å². The van der Waals surface area contributed by atoms with E-state index in [1.54, 1.807) is 0 Å². The van der Waals surface area contributed by atoms with Crippen LogP contribution in [0.25, 0.3) is 0 Å². The van der Waals surface area contributed by atoms with Gasteiger partial charge in [-0.05, 0) is 70.6 Å². The molecule has 6 heteroatoms. The Morgan fingerprint density at radius 1 is 0.438 bits per heavy atom. The van der Waals surface area contributed by atoms with Crippen LogP contribution in [-0.4, -0.2) is 37.2 Å². The number of allylic oxidation sites excluding steroid dienone is 8. The van der Waals surface area contributed by atoms with Crippen LogP contribution < -0.4 is 0 Å². The number of hydrogen-bond acceptors (Lipinski definition) is 6. The van der Waals surface area contributed by atoms with Crippen molar-refractivity contribution in [2.24, 2.45) is 0 Å². The summed E-state index contributed by atoms with van der Waals surface area (Å²) in [6, 6.07) is 0. The summed E-state index contributed by atoms with van der Waals surface area (Å²) in [6.07, 6.45) is 41.2. The summed E-state index contributed by atoms with van der Waals surface area (Å²) in [4.78, 5) is 37.2. The van der Waals surface area contributed by atoms with E-state index in [1.165, 1.54) is 19.3 Å². The SMILES string of the molecule is CC/C=C\C/C=C\C/C=C\CCCCCCCC(=O)OCC(COC(=O)CCCCCCC)OC(=O)CCCCCCC/C=C\CCC. The molecule has 0 aromatic rings. The molecule has 0 aromatic heterocycles. The lowest BCUT2D eigenvalue weighted by Crippen LogP contribution is -2.30. The monoisotopic (exact) mass is 673 g/mol. The average molecular weight is 673 g/mol. The van der Waals surface area contributed by atoms with E-state index in [4.69, 9.17) is 14.2 Å². The molecule has 0 radical (unpaired) electrons. The van der Waals surface area contributed by atoms with Crippen molar-refractivity contribution in [2.45, 2.75) is 187 Å².